The van der Waals surface area contributed by atoms with Crippen LogP contribution in [0, 0.1) is 0 Å². The van der Waals surface area contributed by atoms with Crippen molar-refractivity contribution in [3.05, 3.63) is 29.8 Å². The van der Waals surface area contributed by atoms with E-state index in [4.69, 9.17) is 10.8 Å². The molecule has 14 heavy (non-hydrogen) atoms. The lowest BCUT2D eigenvalue weighted by molar-refractivity contribution is 0.319. The van der Waals surface area contributed by atoms with E-state index in [2.05, 4.69) is 0 Å². The molecule has 0 bridgehead atoms. The van der Waals surface area contributed by atoms with Gasteiger partial charge in [-0.25, -0.2) is 8.42 Å². The fourth-order valence-corrected chi connectivity index (χ4v) is 2.20. The maximum atomic E-state index is 11.5. The van der Waals surface area contributed by atoms with Gasteiger partial charge in [0.25, 0.3) is 0 Å². The summed E-state index contributed by atoms with van der Waals surface area (Å²) in [6, 6.07) is 6.44. The van der Waals surface area contributed by atoms with Crippen LogP contribution in [0.1, 0.15) is 5.56 Å². The van der Waals surface area contributed by atoms with E-state index in [9.17, 15) is 8.42 Å². The fourth-order valence-electron chi connectivity index (χ4n) is 1.10. The van der Waals surface area contributed by atoms with Crippen LogP contribution in [0.15, 0.2) is 29.2 Å². The summed E-state index contributed by atoms with van der Waals surface area (Å²) < 4.78 is 23.0. The molecule has 1 aromatic rings. The highest BCUT2D eigenvalue weighted by Gasteiger charge is 2.13. The first-order valence-electron chi connectivity index (χ1n) is 4.23. The van der Waals surface area contributed by atoms with Gasteiger partial charge in [-0.3, -0.25) is 0 Å². The Morgan fingerprint density at radius 3 is 2.64 bits per heavy atom. The van der Waals surface area contributed by atoms with Crippen LogP contribution in [0.5, 0.6) is 0 Å². The number of hydrogen-bond acceptors (Lipinski definition) is 4. The van der Waals surface area contributed by atoms with Gasteiger partial charge in [-0.2, -0.15) is 0 Å². The van der Waals surface area contributed by atoms with Gasteiger partial charge in [0.1, 0.15) is 0 Å². The zero-order valence-electron chi connectivity index (χ0n) is 7.68. The molecule has 0 spiro atoms. The minimum absolute atomic E-state index is 0.217. The molecule has 0 aliphatic heterocycles. The van der Waals surface area contributed by atoms with Crippen molar-refractivity contribution in [1.82, 2.24) is 0 Å². The van der Waals surface area contributed by atoms with E-state index in [-0.39, 0.29) is 17.3 Å². The average molecular weight is 215 g/mol. The first-order chi connectivity index (χ1) is 6.60. The third kappa shape index (κ3) is 2.54. The molecule has 3 N–H and O–H groups in total. The third-order valence-corrected chi connectivity index (χ3v) is 3.55. The van der Waals surface area contributed by atoms with E-state index in [0.717, 1.165) is 5.56 Å². The van der Waals surface area contributed by atoms with Crippen molar-refractivity contribution in [1.29, 1.82) is 0 Å². The first-order valence-corrected chi connectivity index (χ1v) is 5.88. The van der Waals surface area contributed by atoms with Gasteiger partial charge in [0.05, 0.1) is 17.3 Å². The smallest absolute Gasteiger partial charge is 0.180 e. The van der Waals surface area contributed by atoms with Crippen LogP contribution in [0.4, 0.5) is 0 Å². The van der Waals surface area contributed by atoms with Crippen LogP contribution in [-0.2, 0) is 16.4 Å². The zero-order chi connectivity index (χ0) is 10.6. The Kier molecular flexibility index (Phi) is 3.62. The molecule has 0 aliphatic rings. The molecular weight excluding hydrogens is 202 g/mol. The van der Waals surface area contributed by atoms with Gasteiger partial charge in [-0.1, -0.05) is 12.1 Å². The Morgan fingerprint density at radius 1 is 1.36 bits per heavy atom. The number of nitrogens with two attached hydrogens (primary N) is 1. The molecule has 1 rings (SSSR count). The van der Waals surface area contributed by atoms with Crippen LogP contribution < -0.4 is 5.73 Å². The van der Waals surface area contributed by atoms with Gasteiger partial charge in [-0.05, 0) is 17.7 Å². The number of sulfone groups is 1. The number of rotatable bonds is 4. The van der Waals surface area contributed by atoms with E-state index in [0.29, 0.717) is 6.54 Å². The molecule has 0 heterocycles. The predicted octanol–water partition coefficient (Wildman–Crippen LogP) is -0.0887. The lowest BCUT2D eigenvalue weighted by Gasteiger charge is -2.03. The largest absolute Gasteiger partial charge is 0.395 e. The molecule has 4 nitrogen and oxygen atoms in total. The van der Waals surface area contributed by atoms with Gasteiger partial charge in [0.15, 0.2) is 9.84 Å². The molecule has 0 aliphatic carbocycles. The molecule has 78 valence electrons. The SMILES string of the molecule is NCc1cccc(S(=O)(=O)CCO)c1. The van der Waals surface area contributed by atoms with E-state index in [1.165, 1.54) is 12.1 Å². The van der Waals surface area contributed by atoms with Crippen molar-refractivity contribution in [2.24, 2.45) is 5.73 Å². The van der Waals surface area contributed by atoms with Gasteiger partial charge < -0.3 is 10.8 Å². The van der Waals surface area contributed by atoms with Crippen LogP contribution in [-0.4, -0.2) is 25.9 Å². The summed E-state index contributed by atoms with van der Waals surface area (Å²) in [5.74, 6) is -0.249. The summed E-state index contributed by atoms with van der Waals surface area (Å²) in [7, 11) is -3.35. The molecular formula is C9H13NO3S. The second-order valence-corrected chi connectivity index (χ2v) is 5.00. The maximum absolute atomic E-state index is 11.5. The van der Waals surface area contributed by atoms with E-state index in [1.54, 1.807) is 12.1 Å². The minimum Gasteiger partial charge on any atom is -0.395 e. The van der Waals surface area contributed by atoms with Crippen molar-refractivity contribution in [3.63, 3.8) is 0 Å². The Hall–Kier alpha value is -0.910. The van der Waals surface area contributed by atoms with Crippen molar-refractivity contribution in [2.75, 3.05) is 12.4 Å². The van der Waals surface area contributed by atoms with Crippen LogP contribution in [0.3, 0.4) is 0 Å². The zero-order valence-corrected chi connectivity index (χ0v) is 8.50. The molecule has 5 heteroatoms. The van der Waals surface area contributed by atoms with E-state index < -0.39 is 9.84 Å². The van der Waals surface area contributed by atoms with Crippen LogP contribution in [0.2, 0.25) is 0 Å². The lowest BCUT2D eigenvalue weighted by atomic mass is 10.2. The summed E-state index contributed by atoms with van der Waals surface area (Å²) >= 11 is 0. The molecule has 0 saturated heterocycles. The number of aliphatic hydroxyl groups excluding tert-OH is 1. The monoisotopic (exact) mass is 215 g/mol. The summed E-state index contributed by atoms with van der Waals surface area (Å²) in [6.45, 7) is -0.0579. The molecule has 1 aromatic carbocycles. The first kappa shape index (κ1) is 11.2. The molecule has 0 atom stereocenters. The van der Waals surface area contributed by atoms with Gasteiger partial charge in [-0.15, -0.1) is 0 Å². The number of benzene rings is 1. The number of aliphatic hydroxyl groups is 1. The molecule has 0 unspecified atom stereocenters. The van der Waals surface area contributed by atoms with Crippen LogP contribution >= 0.6 is 0 Å². The van der Waals surface area contributed by atoms with Crippen molar-refractivity contribution in [3.8, 4) is 0 Å². The van der Waals surface area contributed by atoms with Gasteiger partial charge in [0.2, 0.25) is 0 Å². The van der Waals surface area contributed by atoms with Gasteiger partial charge >= 0.3 is 0 Å². The fraction of sp³-hybridized carbons (Fsp3) is 0.333. The Bertz CT molecular complexity index is 400. The second kappa shape index (κ2) is 4.54. The summed E-state index contributed by atoms with van der Waals surface area (Å²) in [6.07, 6.45) is 0. The Labute approximate surface area is 83.3 Å². The van der Waals surface area contributed by atoms with Crippen molar-refractivity contribution < 1.29 is 13.5 Å². The summed E-state index contributed by atoms with van der Waals surface area (Å²) in [5, 5.41) is 8.59. The Morgan fingerprint density at radius 2 is 2.07 bits per heavy atom. The second-order valence-electron chi connectivity index (χ2n) is 2.89. The summed E-state index contributed by atoms with van der Waals surface area (Å²) in [4.78, 5) is 0.217. The predicted molar refractivity (Wildman–Crippen MR) is 53.5 cm³/mol. The highest BCUT2D eigenvalue weighted by molar-refractivity contribution is 7.91. The standard InChI is InChI=1S/C9H13NO3S/c10-7-8-2-1-3-9(6-8)14(12,13)5-4-11/h1-3,6,11H,4-5,7,10H2. The molecule has 0 fully saturated rings. The minimum atomic E-state index is -3.35. The normalized spacial score (nSPS) is 11.6. The topological polar surface area (TPSA) is 80.4 Å². The highest BCUT2D eigenvalue weighted by Crippen LogP contribution is 2.12. The lowest BCUT2D eigenvalue weighted by Crippen LogP contribution is -2.10. The highest BCUT2D eigenvalue weighted by atomic mass is 32.2. The van der Waals surface area contributed by atoms with E-state index in [1.807, 2.05) is 0 Å². The molecule has 0 amide bonds. The van der Waals surface area contributed by atoms with Gasteiger partial charge in [0, 0.05) is 6.54 Å². The molecule has 0 aromatic heterocycles. The van der Waals surface area contributed by atoms with Crippen LogP contribution in [0.25, 0.3) is 0 Å². The average Bonchev–Trinajstić information content (AvgIpc) is 2.18. The molecule has 0 saturated carbocycles. The Balaban J connectivity index is 3.07. The molecule has 0 radical (unpaired) electrons. The maximum Gasteiger partial charge on any atom is 0.180 e. The van der Waals surface area contributed by atoms with Crippen molar-refractivity contribution >= 4 is 9.84 Å². The third-order valence-electron chi connectivity index (χ3n) is 1.85. The van der Waals surface area contributed by atoms with E-state index >= 15 is 0 Å². The summed E-state index contributed by atoms with van der Waals surface area (Å²) in [5.41, 5.74) is 6.16. The quantitative estimate of drug-likeness (QED) is 0.735. The number of hydrogen-bond donors (Lipinski definition) is 2. The van der Waals surface area contributed by atoms with Crippen molar-refractivity contribution in [2.45, 2.75) is 11.4 Å².